The Labute approximate surface area is 233 Å². The van der Waals surface area contributed by atoms with Crippen molar-refractivity contribution in [2.24, 2.45) is 0 Å². The van der Waals surface area contributed by atoms with Gasteiger partial charge in [0.05, 0.1) is 17.6 Å². The van der Waals surface area contributed by atoms with E-state index in [9.17, 15) is 4.79 Å². The number of rotatable bonds is 6. The fourth-order valence-electron chi connectivity index (χ4n) is 5.05. The van der Waals surface area contributed by atoms with Crippen molar-refractivity contribution in [3.63, 3.8) is 0 Å². The minimum atomic E-state index is 0.186. The minimum absolute atomic E-state index is 0.186. The third kappa shape index (κ3) is 6.80. The van der Waals surface area contributed by atoms with E-state index < -0.39 is 0 Å². The molecule has 5 rings (SSSR count). The van der Waals surface area contributed by atoms with E-state index in [0.717, 1.165) is 68.2 Å². The van der Waals surface area contributed by atoms with Crippen LogP contribution >= 0.6 is 0 Å². The Hall–Kier alpha value is -3.80. The topological polar surface area (TPSA) is 61.5 Å². The molecule has 6 nitrogen and oxygen atoms in total. The molecule has 1 fully saturated rings. The Morgan fingerprint density at radius 2 is 1.67 bits per heavy atom. The smallest absolute Gasteiger partial charge is 0.219 e. The van der Waals surface area contributed by atoms with E-state index in [2.05, 4.69) is 97.2 Å². The molecular weight excluding hydrogens is 484 g/mol. The van der Waals surface area contributed by atoms with E-state index in [1.807, 2.05) is 11.8 Å². The molecule has 1 N–H and O–H groups in total. The van der Waals surface area contributed by atoms with Crippen LogP contribution in [0.15, 0.2) is 54.6 Å². The lowest BCUT2D eigenvalue weighted by Gasteiger charge is -2.36. The third-order valence-electron chi connectivity index (χ3n) is 7.48. The predicted octanol–water partition coefficient (Wildman–Crippen LogP) is 6.86. The number of nitrogens with zero attached hydrogens (tertiary/aromatic N) is 3. The first-order valence-electron chi connectivity index (χ1n) is 14.1. The molecule has 3 aromatic carbocycles. The van der Waals surface area contributed by atoms with Crippen molar-refractivity contribution in [3.05, 3.63) is 77.1 Å². The van der Waals surface area contributed by atoms with Gasteiger partial charge < -0.3 is 19.5 Å². The molecular formula is C33H42N4O2. The van der Waals surface area contributed by atoms with Crippen LogP contribution in [0.1, 0.15) is 49.7 Å². The molecule has 4 aromatic rings. The molecule has 1 aliphatic rings. The Kier molecular flexibility index (Phi) is 9.28. The molecule has 1 aromatic heterocycles. The highest BCUT2D eigenvalue weighted by atomic mass is 16.5. The number of aromatic amines is 1. The van der Waals surface area contributed by atoms with Gasteiger partial charge >= 0.3 is 0 Å². The number of hydrogen-bond donors (Lipinski definition) is 1. The number of fused-ring (bicyclic) bond motifs is 1. The lowest BCUT2D eigenvalue weighted by Crippen LogP contribution is -2.48. The van der Waals surface area contributed by atoms with Gasteiger partial charge in [-0.25, -0.2) is 4.98 Å². The van der Waals surface area contributed by atoms with Crippen LogP contribution in [0.25, 0.3) is 22.2 Å². The minimum Gasteiger partial charge on any atom is -0.493 e. The number of carbonyl (C=O) groups excluding carboxylic acids is 1. The average molecular weight is 527 g/mol. The van der Waals surface area contributed by atoms with E-state index in [0.29, 0.717) is 0 Å². The first kappa shape index (κ1) is 28.2. The summed E-state index contributed by atoms with van der Waals surface area (Å²) in [6.45, 7) is 16.5. The van der Waals surface area contributed by atoms with Gasteiger partial charge in [-0.15, -0.1) is 0 Å². The molecule has 1 amide bonds. The number of nitrogens with one attached hydrogen (secondary N) is 1. The molecule has 0 aliphatic carbocycles. The summed E-state index contributed by atoms with van der Waals surface area (Å²) >= 11 is 0. The molecule has 0 bridgehead atoms. The van der Waals surface area contributed by atoms with Gasteiger partial charge in [0, 0.05) is 38.8 Å². The number of piperazine rings is 1. The number of hydrogen-bond acceptors (Lipinski definition) is 4. The van der Waals surface area contributed by atoms with Crippen molar-refractivity contribution in [2.75, 3.05) is 37.7 Å². The molecule has 6 heteroatoms. The van der Waals surface area contributed by atoms with E-state index in [-0.39, 0.29) is 5.91 Å². The van der Waals surface area contributed by atoms with Gasteiger partial charge in [0.2, 0.25) is 5.91 Å². The standard InChI is InChI=1S/C19H22N2O.C14H20N2O/c1-4-10-22-19-9-7-15(11-14(19)5-2)16-6-8-17-18(12-16)21-13(3)20-17;1-11-5-4-6-14(12(11)2)16-9-7-15(8-10-16)13(3)17/h6-9,11-12H,4-5,10H2,1-3H3,(H,20,21);4-6H,7-10H2,1-3H3. The summed E-state index contributed by atoms with van der Waals surface area (Å²) in [5.41, 5.74) is 9.77. The Morgan fingerprint density at radius 1 is 0.949 bits per heavy atom. The number of amides is 1. The van der Waals surface area contributed by atoms with Crippen LogP contribution < -0.4 is 9.64 Å². The molecule has 0 unspecified atom stereocenters. The normalized spacial score (nSPS) is 13.3. The second kappa shape index (κ2) is 12.8. The average Bonchev–Trinajstić information content (AvgIpc) is 3.33. The molecule has 1 aliphatic heterocycles. The first-order chi connectivity index (χ1) is 18.8. The van der Waals surface area contributed by atoms with Gasteiger partial charge in [-0.1, -0.05) is 38.1 Å². The van der Waals surface area contributed by atoms with Crippen molar-refractivity contribution >= 4 is 22.6 Å². The van der Waals surface area contributed by atoms with Gasteiger partial charge in [-0.3, -0.25) is 4.79 Å². The zero-order valence-electron chi connectivity index (χ0n) is 24.3. The van der Waals surface area contributed by atoms with Crippen molar-refractivity contribution in [1.29, 1.82) is 0 Å². The van der Waals surface area contributed by atoms with Gasteiger partial charge in [0.15, 0.2) is 0 Å². The summed E-state index contributed by atoms with van der Waals surface area (Å²) in [5, 5.41) is 0. The number of ether oxygens (including phenoxy) is 1. The second-order valence-electron chi connectivity index (χ2n) is 10.3. The summed E-state index contributed by atoms with van der Waals surface area (Å²) in [7, 11) is 0. The number of imidazole rings is 1. The summed E-state index contributed by atoms with van der Waals surface area (Å²) in [4.78, 5) is 23.3. The summed E-state index contributed by atoms with van der Waals surface area (Å²) in [6.07, 6.45) is 2.00. The Bertz CT molecular complexity index is 1420. The molecule has 206 valence electrons. The quantitative estimate of drug-likeness (QED) is 0.298. The van der Waals surface area contributed by atoms with Crippen LogP contribution in [0.5, 0.6) is 5.75 Å². The van der Waals surface area contributed by atoms with Crippen LogP contribution in [-0.2, 0) is 11.2 Å². The van der Waals surface area contributed by atoms with E-state index >= 15 is 0 Å². The third-order valence-corrected chi connectivity index (χ3v) is 7.48. The van der Waals surface area contributed by atoms with Crippen LogP contribution in [-0.4, -0.2) is 53.6 Å². The van der Waals surface area contributed by atoms with Gasteiger partial charge in [-0.05, 0) is 91.8 Å². The highest BCUT2D eigenvalue weighted by molar-refractivity contribution is 5.82. The monoisotopic (exact) mass is 526 g/mol. The van der Waals surface area contributed by atoms with Gasteiger partial charge in [0.25, 0.3) is 0 Å². The van der Waals surface area contributed by atoms with Crippen molar-refractivity contribution in [3.8, 4) is 16.9 Å². The Morgan fingerprint density at radius 3 is 2.36 bits per heavy atom. The lowest BCUT2D eigenvalue weighted by molar-refractivity contribution is -0.129. The Balaban J connectivity index is 0.000000187. The molecule has 39 heavy (non-hydrogen) atoms. The number of aryl methyl sites for hydroxylation is 3. The van der Waals surface area contributed by atoms with E-state index in [4.69, 9.17) is 4.74 Å². The highest BCUT2D eigenvalue weighted by Crippen LogP contribution is 2.29. The zero-order valence-corrected chi connectivity index (χ0v) is 24.3. The SMILES string of the molecule is CC(=O)N1CCN(c2cccc(C)c2C)CC1.CCCOc1ccc(-c2ccc3nc(C)[nH]c3c2)cc1CC. The van der Waals surface area contributed by atoms with Crippen molar-refractivity contribution in [2.45, 2.75) is 54.4 Å². The van der Waals surface area contributed by atoms with Crippen LogP contribution in [0.4, 0.5) is 5.69 Å². The molecule has 2 heterocycles. The zero-order chi connectivity index (χ0) is 27.9. The fourth-order valence-corrected chi connectivity index (χ4v) is 5.05. The predicted molar refractivity (Wildman–Crippen MR) is 162 cm³/mol. The van der Waals surface area contributed by atoms with Crippen molar-refractivity contribution < 1.29 is 9.53 Å². The van der Waals surface area contributed by atoms with Crippen LogP contribution in [0.2, 0.25) is 0 Å². The maximum atomic E-state index is 11.3. The van der Waals surface area contributed by atoms with Gasteiger partial charge in [-0.2, -0.15) is 0 Å². The van der Waals surface area contributed by atoms with E-state index in [1.54, 1.807) is 6.92 Å². The molecule has 0 spiro atoms. The number of H-pyrrole nitrogens is 1. The highest BCUT2D eigenvalue weighted by Gasteiger charge is 2.19. The maximum absolute atomic E-state index is 11.3. The molecule has 0 atom stereocenters. The number of carbonyl (C=O) groups is 1. The molecule has 1 saturated heterocycles. The number of anilines is 1. The number of benzene rings is 3. The van der Waals surface area contributed by atoms with Crippen LogP contribution in [0.3, 0.4) is 0 Å². The molecule has 0 saturated carbocycles. The first-order valence-corrected chi connectivity index (χ1v) is 14.1. The second-order valence-corrected chi connectivity index (χ2v) is 10.3. The van der Waals surface area contributed by atoms with Gasteiger partial charge in [0.1, 0.15) is 11.6 Å². The summed E-state index contributed by atoms with van der Waals surface area (Å²) in [5.74, 6) is 2.14. The van der Waals surface area contributed by atoms with Crippen LogP contribution in [0, 0.1) is 20.8 Å². The molecule has 0 radical (unpaired) electrons. The lowest BCUT2D eigenvalue weighted by atomic mass is 10.0. The maximum Gasteiger partial charge on any atom is 0.219 e. The largest absolute Gasteiger partial charge is 0.493 e. The fraction of sp³-hybridized carbons (Fsp3) is 0.394. The van der Waals surface area contributed by atoms with E-state index in [1.165, 1.54) is 33.5 Å². The van der Waals surface area contributed by atoms with Crippen molar-refractivity contribution in [1.82, 2.24) is 14.9 Å². The summed E-state index contributed by atoms with van der Waals surface area (Å²) in [6, 6.07) is 19.2. The summed E-state index contributed by atoms with van der Waals surface area (Å²) < 4.78 is 5.83. The number of aromatic nitrogens is 2.